The fraction of sp³-hybridized carbons (Fsp3) is 0.333. The number of amides is 2. The van der Waals surface area contributed by atoms with Gasteiger partial charge in [0, 0.05) is 13.1 Å². The molecule has 1 unspecified atom stereocenters. The lowest BCUT2D eigenvalue weighted by Crippen LogP contribution is -2.32. The Labute approximate surface area is 127 Å². The quantitative estimate of drug-likeness (QED) is 0.894. The van der Waals surface area contributed by atoms with Crippen molar-refractivity contribution in [3.8, 4) is 5.69 Å². The van der Waals surface area contributed by atoms with Crippen LogP contribution in [0.5, 0.6) is 0 Å². The molecule has 1 aromatic heterocycles. The summed E-state index contributed by atoms with van der Waals surface area (Å²) in [6.07, 6.45) is 3.73. The van der Waals surface area contributed by atoms with Crippen molar-refractivity contribution in [2.24, 2.45) is 11.7 Å². The third-order valence-corrected chi connectivity index (χ3v) is 3.96. The Hall–Kier alpha value is -2.70. The third-order valence-electron chi connectivity index (χ3n) is 3.96. The number of nitrogens with zero attached hydrogens (tertiary/aromatic N) is 4. The van der Waals surface area contributed by atoms with E-state index in [4.69, 9.17) is 5.73 Å². The molecule has 1 aliphatic heterocycles. The smallest absolute Gasteiger partial charge is 0.256 e. The molecule has 1 saturated heterocycles. The molecule has 0 spiro atoms. The van der Waals surface area contributed by atoms with Crippen molar-refractivity contribution in [1.82, 2.24) is 19.7 Å². The summed E-state index contributed by atoms with van der Waals surface area (Å²) >= 11 is 0. The van der Waals surface area contributed by atoms with Gasteiger partial charge in [-0.1, -0.05) is 11.6 Å². The maximum atomic E-state index is 12.8. The van der Waals surface area contributed by atoms with Crippen molar-refractivity contribution in [3.05, 3.63) is 42.0 Å². The van der Waals surface area contributed by atoms with Crippen molar-refractivity contribution in [2.75, 3.05) is 13.1 Å². The normalized spacial score (nSPS) is 17.7. The molecule has 2 aromatic rings. The van der Waals surface area contributed by atoms with Crippen LogP contribution in [0.1, 0.15) is 22.3 Å². The minimum Gasteiger partial charge on any atom is -0.369 e. The summed E-state index contributed by atoms with van der Waals surface area (Å²) in [5.41, 5.74) is 7.62. The molecule has 2 amide bonds. The minimum atomic E-state index is -0.349. The maximum absolute atomic E-state index is 12.8. The Morgan fingerprint density at radius 2 is 2.00 bits per heavy atom. The lowest BCUT2D eigenvalue weighted by atomic mass is 10.1. The first-order chi connectivity index (χ1) is 10.6. The van der Waals surface area contributed by atoms with Crippen molar-refractivity contribution in [1.29, 1.82) is 0 Å². The first-order valence-corrected chi connectivity index (χ1v) is 7.10. The van der Waals surface area contributed by atoms with Gasteiger partial charge in [0.15, 0.2) is 0 Å². The Balaban J connectivity index is 1.93. The van der Waals surface area contributed by atoms with Crippen molar-refractivity contribution in [2.45, 2.75) is 13.3 Å². The Kier molecular flexibility index (Phi) is 3.62. The zero-order chi connectivity index (χ0) is 15.7. The third kappa shape index (κ3) is 2.57. The highest BCUT2D eigenvalue weighted by Gasteiger charge is 2.31. The number of hydrogen-bond donors (Lipinski definition) is 1. The average Bonchev–Trinajstić information content (AvgIpc) is 3.18. The molecule has 0 radical (unpaired) electrons. The molecule has 0 saturated carbocycles. The summed E-state index contributed by atoms with van der Waals surface area (Å²) in [7, 11) is 0. The fourth-order valence-corrected chi connectivity index (χ4v) is 2.72. The van der Waals surface area contributed by atoms with E-state index >= 15 is 0 Å². The van der Waals surface area contributed by atoms with E-state index in [-0.39, 0.29) is 17.7 Å². The number of rotatable bonds is 3. The first-order valence-electron chi connectivity index (χ1n) is 7.10. The molecule has 1 atom stereocenters. The summed E-state index contributed by atoms with van der Waals surface area (Å²) in [6, 6.07) is 5.64. The zero-order valence-corrected chi connectivity index (χ0v) is 12.3. The molecule has 2 heterocycles. The van der Waals surface area contributed by atoms with Gasteiger partial charge in [-0.3, -0.25) is 14.2 Å². The summed E-state index contributed by atoms with van der Waals surface area (Å²) < 4.78 is 1.70. The second-order valence-corrected chi connectivity index (χ2v) is 5.53. The lowest BCUT2D eigenvalue weighted by molar-refractivity contribution is -0.121. The Morgan fingerprint density at radius 1 is 1.27 bits per heavy atom. The summed E-state index contributed by atoms with van der Waals surface area (Å²) in [4.78, 5) is 25.8. The Bertz CT molecular complexity index is 711. The van der Waals surface area contributed by atoms with Crippen LogP contribution in [-0.4, -0.2) is 44.6 Å². The molecule has 2 N–H and O–H groups in total. The number of benzene rings is 1. The number of aryl methyl sites for hydroxylation is 1. The van der Waals surface area contributed by atoms with E-state index in [0.29, 0.717) is 25.1 Å². The molecule has 0 aliphatic carbocycles. The van der Waals surface area contributed by atoms with E-state index in [1.807, 2.05) is 25.1 Å². The fourth-order valence-electron chi connectivity index (χ4n) is 2.72. The highest BCUT2D eigenvalue weighted by Crippen LogP contribution is 2.22. The highest BCUT2D eigenvalue weighted by molar-refractivity contribution is 5.98. The van der Waals surface area contributed by atoms with E-state index in [0.717, 1.165) is 11.3 Å². The van der Waals surface area contributed by atoms with Crippen LogP contribution in [0.25, 0.3) is 5.69 Å². The van der Waals surface area contributed by atoms with Crippen molar-refractivity contribution < 1.29 is 9.59 Å². The number of carbonyl (C=O) groups is 2. The molecule has 22 heavy (non-hydrogen) atoms. The standard InChI is InChI=1S/C15H17N5O2/c1-10-2-3-13(20-8-17-18-9-20)12(6-10)15(22)19-5-4-11(7-19)14(16)21/h2-3,6,8-9,11H,4-5,7H2,1H3,(H2,16,21). The number of carbonyl (C=O) groups excluding carboxylic acids is 2. The van der Waals surface area contributed by atoms with Gasteiger partial charge in [-0.2, -0.15) is 0 Å². The average molecular weight is 299 g/mol. The number of aromatic nitrogens is 3. The number of likely N-dealkylation sites (tertiary alicyclic amines) is 1. The van der Waals surface area contributed by atoms with Crippen molar-refractivity contribution >= 4 is 11.8 Å². The van der Waals surface area contributed by atoms with Crippen LogP contribution in [0, 0.1) is 12.8 Å². The lowest BCUT2D eigenvalue weighted by Gasteiger charge is -2.18. The molecule has 114 valence electrons. The molecule has 1 aromatic carbocycles. The van der Waals surface area contributed by atoms with E-state index in [1.54, 1.807) is 22.1 Å². The maximum Gasteiger partial charge on any atom is 0.256 e. The largest absolute Gasteiger partial charge is 0.369 e. The van der Waals surface area contributed by atoms with Gasteiger partial charge in [0.05, 0.1) is 17.2 Å². The predicted molar refractivity (Wildman–Crippen MR) is 79.3 cm³/mol. The van der Waals surface area contributed by atoms with E-state index in [1.165, 1.54) is 0 Å². The van der Waals surface area contributed by atoms with Crippen LogP contribution in [0.2, 0.25) is 0 Å². The number of nitrogens with two attached hydrogens (primary N) is 1. The van der Waals surface area contributed by atoms with E-state index in [9.17, 15) is 9.59 Å². The van der Waals surface area contributed by atoms with Crippen LogP contribution in [0.15, 0.2) is 30.9 Å². The second-order valence-electron chi connectivity index (χ2n) is 5.53. The number of primary amides is 1. The molecule has 3 rings (SSSR count). The minimum absolute atomic E-state index is 0.101. The summed E-state index contributed by atoms with van der Waals surface area (Å²) in [5, 5.41) is 7.56. The van der Waals surface area contributed by atoms with E-state index < -0.39 is 0 Å². The molecule has 7 heteroatoms. The van der Waals surface area contributed by atoms with Crippen LogP contribution in [-0.2, 0) is 4.79 Å². The van der Waals surface area contributed by atoms with Gasteiger partial charge in [0.2, 0.25) is 5.91 Å². The monoisotopic (exact) mass is 299 g/mol. The zero-order valence-electron chi connectivity index (χ0n) is 12.3. The van der Waals surface area contributed by atoms with Gasteiger partial charge in [0.25, 0.3) is 5.91 Å². The second kappa shape index (κ2) is 5.59. The van der Waals surface area contributed by atoms with Gasteiger partial charge in [-0.15, -0.1) is 10.2 Å². The molecule has 7 nitrogen and oxygen atoms in total. The van der Waals surface area contributed by atoms with E-state index in [2.05, 4.69) is 10.2 Å². The molecule has 1 fully saturated rings. The molecular weight excluding hydrogens is 282 g/mol. The molecule has 0 bridgehead atoms. The molecule has 1 aliphatic rings. The SMILES string of the molecule is Cc1ccc(-n2cnnc2)c(C(=O)N2CCC(C(N)=O)C2)c1. The first kappa shape index (κ1) is 14.2. The van der Waals surface area contributed by atoms with Gasteiger partial charge in [-0.05, 0) is 25.5 Å². The Morgan fingerprint density at radius 3 is 2.64 bits per heavy atom. The van der Waals surface area contributed by atoms with Crippen LogP contribution >= 0.6 is 0 Å². The summed E-state index contributed by atoms with van der Waals surface area (Å²) in [6.45, 7) is 2.86. The van der Waals surface area contributed by atoms with Crippen LogP contribution in [0.3, 0.4) is 0 Å². The topological polar surface area (TPSA) is 94.1 Å². The highest BCUT2D eigenvalue weighted by atomic mass is 16.2. The van der Waals surface area contributed by atoms with Crippen LogP contribution < -0.4 is 5.73 Å². The van der Waals surface area contributed by atoms with Crippen molar-refractivity contribution in [3.63, 3.8) is 0 Å². The molecular formula is C15H17N5O2. The number of hydrogen-bond acceptors (Lipinski definition) is 4. The van der Waals surface area contributed by atoms with Crippen LogP contribution in [0.4, 0.5) is 0 Å². The van der Waals surface area contributed by atoms with Gasteiger partial charge < -0.3 is 10.6 Å². The van der Waals surface area contributed by atoms with Gasteiger partial charge in [0.1, 0.15) is 12.7 Å². The summed E-state index contributed by atoms with van der Waals surface area (Å²) in [5.74, 6) is -0.707. The van der Waals surface area contributed by atoms with Gasteiger partial charge >= 0.3 is 0 Å². The predicted octanol–water partition coefficient (Wildman–Crippen LogP) is 0.523. The van der Waals surface area contributed by atoms with Gasteiger partial charge in [-0.25, -0.2) is 0 Å².